The van der Waals surface area contributed by atoms with Crippen LogP contribution in [0.2, 0.25) is 0 Å². The number of nitrogens with zero attached hydrogens (tertiary/aromatic N) is 1. The summed E-state index contributed by atoms with van der Waals surface area (Å²) < 4.78 is 0. The molecule has 0 aromatic rings. The Balaban J connectivity index is 0.00000147. The van der Waals surface area contributed by atoms with Crippen LogP contribution in [-0.4, -0.2) is 16.2 Å². The summed E-state index contributed by atoms with van der Waals surface area (Å²) in [5, 5.41) is 10.3. The summed E-state index contributed by atoms with van der Waals surface area (Å²) in [6, 6.07) is 0. The van der Waals surface area contributed by atoms with Crippen molar-refractivity contribution in [1.29, 1.82) is 0 Å². The van der Waals surface area contributed by atoms with Gasteiger partial charge in [0.2, 0.25) is 0 Å². The van der Waals surface area contributed by atoms with E-state index in [-0.39, 0.29) is 28.8 Å². The molecule has 5 nitrogen and oxygen atoms in total. The smallest absolute Gasteiger partial charge is 0.295 e. The molecule has 4 bridgehead atoms. The number of hydrogen-bond acceptors (Lipinski definition) is 4. The van der Waals surface area contributed by atoms with E-state index in [2.05, 4.69) is 13.8 Å². The largest absolute Gasteiger partial charge is 0.325 e. The molecule has 0 aliphatic heterocycles. The Hall–Kier alpha value is -0.550. The molecule has 0 spiro atoms. The van der Waals surface area contributed by atoms with Crippen LogP contribution in [0, 0.1) is 20.9 Å². The Kier molecular flexibility index (Phi) is 3.54. The van der Waals surface area contributed by atoms with Crippen LogP contribution in [0.1, 0.15) is 65.2 Å². The van der Waals surface area contributed by atoms with Crippen LogP contribution in [-0.2, 0) is 4.84 Å². The minimum Gasteiger partial charge on any atom is -0.325 e. The lowest BCUT2D eigenvalue weighted by Crippen LogP contribution is -2.70. The van der Waals surface area contributed by atoms with Gasteiger partial charge in [0.15, 0.2) is 0 Å². The first-order chi connectivity index (χ1) is 8.78. The van der Waals surface area contributed by atoms with Gasteiger partial charge in [0.25, 0.3) is 5.09 Å². The van der Waals surface area contributed by atoms with Crippen LogP contribution in [0.5, 0.6) is 0 Å². The quantitative estimate of drug-likeness (QED) is 0.639. The van der Waals surface area contributed by atoms with Crippen LogP contribution in [0.3, 0.4) is 0 Å². The van der Waals surface area contributed by atoms with E-state index in [0.717, 1.165) is 38.5 Å². The second-order valence-corrected chi connectivity index (χ2v) is 7.63. The van der Waals surface area contributed by atoms with Crippen molar-refractivity contribution in [3.63, 3.8) is 0 Å². The zero-order valence-electron chi connectivity index (χ0n) is 12.3. The van der Waals surface area contributed by atoms with Crippen molar-refractivity contribution in [2.24, 2.45) is 16.6 Å². The molecule has 0 radical (unpaired) electrons. The van der Waals surface area contributed by atoms with Crippen molar-refractivity contribution in [1.82, 2.24) is 0 Å². The van der Waals surface area contributed by atoms with Gasteiger partial charge in [-0.15, -0.1) is 22.5 Å². The van der Waals surface area contributed by atoms with Gasteiger partial charge in [-0.2, -0.15) is 0 Å². The third-order valence-corrected chi connectivity index (χ3v) is 6.04. The van der Waals surface area contributed by atoms with Gasteiger partial charge in [0.05, 0.1) is 0 Å². The number of hydrogen-bond donors (Lipinski definition) is 1. The van der Waals surface area contributed by atoms with Crippen molar-refractivity contribution >= 4 is 12.4 Å². The van der Waals surface area contributed by atoms with Crippen LogP contribution >= 0.6 is 12.4 Å². The van der Waals surface area contributed by atoms with Gasteiger partial charge in [-0.1, -0.05) is 26.7 Å². The van der Waals surface area contributed by atoms with Gasteiger partial charge in [-0.3, -0.25) is 0 Å². The third kappa shape index (κ3) is 2.19. The highest BCUT2D eigenvalue weighted by molar-refractivity contribution is 5.85. The summed E-state index contributed by atoms with van der Waals surface area (Å²) in [6.45, 7) is 4.39. The zero-order valence-corrected chi connectivity index (χ0v) is 13.1. The highest BCUT2D eigenvalue weighted by Gasteiger charge is 2.67. The first kappa shape index (κ1) is 15.8. The van der Waals surface area contributed by atoms with Crippen LogP contribution in [0.15, 0.2) is 0 Å². The van der Waals surface area contributed by atoms with Crippen LogP contribution in [0.4, 0.5) is 0 Å². The average molecular weight is 305 g/mol. The molecule has 2 N–H and O–H groups in total. The summed E-state index contributed by atoms with van der Waals surface area (Å²) in [5.41, 5.74) is 6.06. The third-order valence-electron chi connectivity index (χ3n) is 6.04. The maximum absolute atomic E-state index is 10.9. The van der Waals surface area contributed by atoms with Crippen molar-refractivity contribution in [3.05, 3.63) is 10.1 Å². The van der Waals surface area contributed by atoms with E-state index in [1.54, 1.807) is 0 Å². The van der Waals surface area contributed by atoms with Gasteiger partial charge in [0, 0.05) is 5.54 Å². The Morgan fingerprint density at radius 1 is 1.05 bits per heavy atom. The normalized spacial score (nSPS) is 48.8. The minimum atomic E-state index is -0.612. The molecule has 4 fully saturated rings. The lowest BCUT2D eigenvalue weighted by Gasteiger charge is -2.68. The first-order valence-electron chi connectivity index (χ1n) is 7.40. The molecular formula is C14H25ClN2O3. The molecule has 0 amide bonds. The molecule has 6 heteroatoms. The van der Waals surface area contributed by atoms with Gasteiger partial charge in [-0.05, 0) is 49.4 Å². The van der Waals surface area contributed by atoms with Gasteiger partial charge in [0.1, 0.15) is 5.60 Å². The Bertz CT molecular complexity index is 409. The topological polar surface area (TPSA) is 78.4 Å². The maximum atomic E-state index is 10.9. The Morgan fingerprint density at radius 2 is 1.55 bits per heavy atom. The van der Waals surface area contributed by atoms with Crippen LogP contribution < -0.4 is 5.73 Å². The van der Waals surface area contributed by atoms with E-state index in [1.807, 2.05) is 0 Å². The van der Waals surface area contributed by atoms with Gasteiger partial charge < -0.3 is 10.6 Å². The molecule has 4 rings (SSSR count). The molecule has 0 aromatic heterocycles. The molecule has 4 aliphatic carbocycles. The molecular weight excluding hydrogens is 280 g/mol. The SMILES string of the molecule is CCC12CC3(N)CC(CC)(C1)CC(O[N+](=O)[O-])(C3)C2.Cl. The number of rotatable bonds is 4. The fraction of sp³-hybridized carbons (Fsp3) is 1.00. The van der Waals surface area contributed by atoms with Crippen molar-refractivity contribution in [2.75, 3.05) is 0 Å². The Labute approximate surface area is 126 Å². The molecule has 0 heterocycles. The van der Waals surface area contributed by atoms with E-state index < -0.39 is 10.7 Å². The van der Waals surface area contributed by atoms with E-state index in [9.17, 15) is 10.1 Å². The van der Waals surface area contributed by atoms with Crippen molar-refractivity contribution < 1.29 is 9.92 Å². The average Bonchev–Trinajstić information content (AvgIpc) is 2.24. The predicted molar refractivity (Wildman–Crippen MR) is 78.1 cm³/mol. The second-order valence-electron chi connectivity index (χ2n) is 7.63. The molecule has 4 aliphatic rings. The molecule has 116 valence electrons. The molecule has 0 aromatic carbocycles. The van der Waals surface area contributed by atoms with Crippen LogP contribution in [0.25, 0.3) is 0 Å². The first-order valence-corrected chi connectivity index (χ1v) is 7.40. The summed E-state index contributed by atoms with van der Waals surface area (Å²) in [7, 11) is 0. The fourth-order valence-electron chi connectivity index (χ4n) is 6.05. The summed E-state index contributed by atoms with van der Waals surface area (Å²) in [4.78, 5) is 16.1. The van der Waals surface area contributed by atoms with E-state index in [4.69, 9.17) is 10.6 Å². The van der Waals surface area contributed by atoms with Crippen molar-refractivity contribution in [2.45, 2.75) is 76.4 Å². The van der Waals surface area contributed by atoms with Gasteiger partial charge in [-0.25, -0.2) is 0 Å². The zero-order chi connectivity index (χ0) is 13.9. The Morgan fingerprint density at radius 3 is 1.95 bits per heavy atom. The summed E-state index contributed by atoms with van der Waals surface area (Å²) in [5.74, 6) is 0. The van der Waals surface area contributed by atoms with Crippen molar-refractivity contribution in [3.8, 4) is 0 Å². The minimum absolute atomic E-state index is 0. The predicted octanol–water partition coefficient (Wildman–Crippen LogP) is 3.23. The monoisotopic (exact) mass is 304 g/mol. The van der Waals surface area contributed by atoms with E-state index in [0.29, 0.717) is 6.42 Å². The molecule has 20 heavy (non-hydrogen) atoms. The van der Waals surface area contributed by atoms with E-state index in [1.165, 1.54) is 6.42 Å². The second kappa shape index (κ2) is 4.47. The molecule has 2 unspecified atom stereocenters. The number of halogens is 1. The highest BCUT2D eigenvalue weighted by Crippen LogP contribution is 2.69. The van der Waals surface area contributed by atoms with Gasteiger partial charge >= 0.3 is 0 Å². The molecule has 0 saturated heterocycles. The summed E-state index contributed by atoms with van der Waals surface area (Å²) in [6.07, 6.45) is 7.60. The van der Waals surface area contributed by atoms with E-state index >= 15 is 0 Å². The lowest BCUT2D eigenvalue weighted by molar-refractivity contribution is -0.786. The molecule has 4 saturated carbocycles. The maximum Gasteiger partial charge on any atom is 0.295 e. The lowest BCUT2D eigenvalue weighted by atomic mass is 9.39. The summed E-state index contributed by atoms with van der Waals surface area (Å²) >= 11 is 0. The molecule has 2 atom stereocenters. The standard InChI is InChI=1S/C14H24N2O3.ClH/c1-3-11-5-12(4-2)7-13(15,6-11)10-14(8-11,9-12)19-16(17)18;/h3-10,15H2,1-2H3;1H. The fourth-order valence-corrected chi connectivity index (χ4v) is 6.05. The number of nitrogens with two attached hydrogens (primary N) is 1. The highest BCUT2D eigenvalue weighted by atomic mass is 35.5.